The van der Waals surface area contributed by atoms with E-state index in [4.69, 9.17) is 0 Å². The van der Waals surface area contributed by atoms with Gasteiger partial charge in [-0.1, -0.05) is 0 Å². The van der Waals surface area contributed by atoms with E-state index in [1.807, 2.05) is 23.9 Å². The first-order valence-electron chi connectivity index (χ1n) is 10.2. The lowest BCUT2D eigenvalue weighted by molar-refractivity contribution is -0.384. The normalized spacial score (nSPS) is 18.4. The minimum Gasteiger partial charge on any atom is -0.363 e. The van der Waals surface area contributed by atoms with Crippen LogP contribution in [-0.4, -0.2) is 83.0 Å². The molecule has 162 valence electrons. The van der Waals surface area contributed by atoms with E-state index in [0.29, 0.717) is 31.7 Å². The molecule has 0 unspecified atom stereocenters. The summed E-state index contributed by atoms with van der Waals surface area (Å²) in [5.74, 6) is 0.825. The third-order valence-electron chi connectivity index (χ3n) is 5.45. The molecule has 10 heteroatoms. The van der Waals surface area contributed by atoms with E-state index in [1.165, 1.54) is 25.0 Å². The lowest BCUT2D eigenvalue weighted by atomic mass is 10.2. The van der Waals surface area contributed by atoms with Gasteiger partial charge in [0.2, 0.25) is 10.0 Å². The number of nitrogens with one attached hydrogen (secondary N) is 1. The summed E-state index contributed by atoms with van der Waals surface area (Å²) in [5, 5.41) is 11.6. The number of anilines is 1. The van der Waals surface area contributed by atoms with Gasteiger partial charge in [0.25, 0.3) is 5.69 Å². The summed E-state index contributed by atoms with van der Waals surface area (Å²) in [7, 11) is 0.0612. The number of rotatable bonds is 10. The van der Waals surface area contributed by atoms with Gasteiger partial charge in [-0.05, 0) is 58.0 Å². The monoisotopic (exact) mass is 425 g/mol. The average Bonchev–Trinajstić information content (AvgIpc) is 3.49. The summed E-state index contributed by atoms with van der Waals surface area (Å²) in [4.78, 5) is 17.5. The molecular weight excluding hydrogens is 394 g/mol. The Balaban J connectivity index is 1.67. The van der Waals surface area contributed by atoms with Crippen LogP contribution in [0, 0.1) is 16.0 Å². The first kappa shape index (κ1) is 21.9. The summed E-state index contributed by atoms with van der Waals surface area (Å²) in [6.45, 7) is 5.34. The van der Waals surface area contributed by atoms with Crippen LogP contribution in [0.4, 0.5) is 11.4 Å². The molecule has 1 heterocycles. The van der Waals surface area contributed by atoms with E-state index in [-0.39, 0.29) is 10.6 Å². The largest absolute Gasteiger partial charge is 0.363 e. The van der Waals surface area contributed by atoms with Crippen LogP contribution in [-0.2, 0) is 10.0 Å². The number of nitrogens with zero attached hydrogens (tertiary/aromatic N) is 4. The molecule has 0 aromatic heterocycles. The molecule has 1 saturated heterocycles. The van der Waals surface area contributed by atoms with Crippen LogP contribution in [0.15, 0.2) is 23.1 Å². The second kappa shape index (κ2) is 9.38. The number of piperazine rings is 1. The zero-order chi connectivity index (χ0) is 21.0. The molecule has 2 fully saturated rings. The molecule has 1 aliphatic carbocycles. The number of benzene rings is 1. The van der Waals surface area contributed by atoms with E-state index in [9.17, 15) is 18.5 Å². The van der Waals surface area contributed by atoms with Crippen molar-refractivity contribution in [3.63, 3.8) is 0 Å². The molecule has 1 aliphatic heterocycles. The van der Waals surface area contributed by atoms with Gasteiger partial charge < -0.3 is 9.80 Å². The van der Waals surface area contributed by atoms with Crippen LogP contribution in [0.5, 0.6) is 0 Å². The molecule has 0 bridgehead atoms. The number of nitro groups is 1. The van der Waals surface area contributed by atoms with Crippen LogP contribution < -0.4 is 9.62 Å². The number of hydrogen-bond acceptors (Lipinski definition) is 7. The number of hydrogen-bond donors (Lipinski definition) is 1. The fourth-order valence-electron chi connectivity index (χ4n) is 3.61. The van der Waals surface area contributed by atoms with Crippen molar-refractivity contribution in [2.24, 2.45) is 5.92 Å². The van der Waals surface area contributed by atoms with Crippen molar-refractivity contribution >= 4 is 21.4 Å². The van der Waals surface area contributed by atoms with Gasteiger partial charge in [-0.15, -0.1) is 0 Å². The van der Waals surface area contributed by atoms with Crippen molar-refractivity contribution in [3.05, 3.63) is 28.3 Å². The number of nitro benzene ring substituents is 1. The molecule has 2 aliphatic rings. The van der Waals surface area contributed by atoms with Gasteiger partial charge in [-0.25, -0.2) is 13.1 Å². The van der Waals surface area contributed by atoms with E-state index < -0.39 is 14.9 Å². The molecule has 9 nitrogen and oxygen atoms in total. The molecule has 3 rings (SSSR count). The Labute approximate surface area is 172 Å². The molecule has 29 heavy (non-hydrogen) atoms. The van der Waals surface area contributed by atoms with Crippen LogP contribution in [0.1, 0.15) is 19.3 Å². The van der Waals surface area contributed by atoms with Gasteiger partial charge in [-0.3, -0.25) is 15.0 Å². The Kier molecular flexibility index (Phi) is 7.10. The van der Waals surface area contributed by atoms with Gasteiger partial charge in [0.1, 0.15) is 5.69 Å². The van der Waals surface area contributed by atoms with E-state index in [1.54, 1.807) is 6.07 Å². The van der Waals surface area contributed by atoms with Gasteiger partial charge >= 0.3 is 0 Å². The second-order valence-corrected chi connectivity index (χ2v) is 9.96. The Morgan fingerprint density at radius 2 is 1.90 bits per heavy atom. The standard InChI is InChI=1S/C19H31N5O4S/c1-21(2)9-3-8-20-29(27,28)17-6-7-18(19(14-17)24(25)26)23-12-10-22(11-13-23)15-16-4-5-16/h6-7,14,16,20H,3-5,8-13,15H2,1-2H3. The molecule has 1 N–H and O–H groups in total. The SMILES string of the molecule is CN(C)CCCNS(=O)(=O)c1ccc(N2CCN(CC3CC3)CC2)c([N+](=O)[O-])c1. The van der Waals surface area contributed by atoms with E-state index >= 15 is 0 Å². The summed E-state index contributed by atoms with van der Waals surface area (Å²) in [6, 6.07) is 4.22. The molecule has 0 spiro atoms. The average molecular weight is 426 g/mol. The zero-order valence-electron chi connectivity index (χ0n) is 17.2. The summed E-state index contributed by atoms with van der Waals surface area (Å²) >= 11 is 0. The summed E-state index contributed by atoms with van der Waals surface area (Å²) in [6.07, 6.45) is 3.28. The lowest BCUT2D eigenvalue weighted by Crippen LogP contribution is -2.47. The van der Waals surface area contributed by atoms with Gasteiger partial charge in [0.05, 0.1) is 9.82 Å². The third kappa shape index (κ3) is 6.11. The van der Waals surface area contributed by atoms with Crippen molar-refractivity contribution in [1.29, 1.82) is 0 Å². The van der Waals surface area contributed by atoms with Crippen molar-refractivity contribution in [1.82, 2.24) is 14.5 Å². The van der Waals surface area contributed by atoms with Crippen LogP contribution in [0.3, 0.4) is 0 Å². The summed E-state index contributed by atoms with van der Waals surface area (Å²) in [5.41, 5.74) is 0.337. The first-order chi connectivity index (χ1) is 13.8. The zero-order valence-corrected chi connectivity index (χ0v) is 18.0. The maximum absolute atomic E-state index is 12.5. The fourth-order valence-corrected chi connectivity index (χ4v) is 4.70. The minimum absolute atomic E-state index is 0.0647. The molecule has 0 atom stereocenters. The van der Waals surface area contributed by atoms with Crippen molar-refractivity contribution in [2.45, 2.75) is 24.2 Å². The van der Waals surface area contributed by atoms with Gasteiger partial charge in [0.15, 0.2) is 0 Å². The van der Waals surface area contributed by atoms with Crippen LogP contribution in [0.25, 0.3) is 0 Å². The predicted molar refractivity (Wildman–Crippen MR) is 113 cm³/mol. The second-order valence-electron chi connectivity index (χ2n) is 8.19. The topological polar surface area (TPSA) is 99.0 Å². The van der Waals surface area contributed by atoms with Gasteiger partial charge in [0, 0.05) is 45.3 Å². The molecule has 1 aromatic carbocycles. The lowest BCUT2D eigenvalue weighted by Gasteiger charge is -2.35. The highest BCUT2D eigenvalue weighted by Gasteiger charge is 2.29. The Morgan fingerprint density at radius 3 is 2.48 bits per heavy atom. The quantitative estimate of drug-likeness (QED) is 0.343. The summed E-state index contributed by atoms with van der Waals surface area (Å²) < 4.78 is 27.6. The van der Waals surface area contributed by atoms with Crippen molar-refractivity contribution < 1.29 is 13.3 Å². The van der Waals surface area contributed by atoms with Gasteiger partial charge in [-0.2, -0.15) is 0 Å². The first-order valence-corrected chi connectivity index (χ1v) is 11.6. The Hall–Kier alpha value is -1.75. The van der Waals surface area contributed by atoms with Crippen LogP contribution >= 0.6 is 0 Å². The highest BCUT2D eigenvalue weighted by Crippen LogP contribution is 2.33. The smallest absolute Gasteiger partial charge is 0.293 e. The Bertz CT molecular complexity index is 818. The van der Waals surface area contributed by atoms with E-state index in [2.05, 4.69) is 9.62 Å². The van der Waals surface area contributed by atoms with Crippen molar-refractivity contribution in [2.75, 3.05) is 64.8 Å². The molecule has 0 amide bonds. The fraction of sp³-hybridized carbons (Fsp3) is 0.684. The minimum atomic E-state index is -3.78. The van der Waals surface area contributed by atoms with Crippen LogP contribution in [0.2, 0.25) is 0 Å². The molecule has 1 aromatic rings. The maximum atomic E-state index is 12.5. The van der Waals surface area contributed by atoms with Crippen molar-refractivity contribution in [3.8, 4) is 0 Å². The molecule has 0 radical (unpaired) electrons. The predicted octanol–water partition coefficient (Wildman–Crippen LogP) is 1.36. The number of sulfonamides is 1. The maximum Gasteiger partial charge on any atom is 0.293 e. The Morgan fingerprint density at radius 1 is 1.21 bits per heavy atom. The molecular formula is C19H31N5O4S. The highest BCUT2D eigenvalue weighted by molar-refractivity contribution is 7.89. The van der Waals surface area contributed by atoms with E-state index in [0.717, 1.165) is 32.1 Å². The molecule has 1 saturated carbocycles. The highest BCUT2D eigenvalue weighted by atomic mass is 32.2. The third-order valence-corrected chi connectivity index (χ3v) is 6.91.